The van der Waals surface area contributed by atoms with Gasteiger partial charge in [0.2, 0.25) is 0 Å². The molecule has 4 atom stereocenters. The molecule has 1 saturated heterocycles. The van der Waals surface area contributed by atoms with Crippen molar-refractivity contribution in [1.82, 2.24) is 0 Å². The Morgan fingerprint density at radius 3 is 2.62 bits per heavy atom. The highest BCUT2D eigenvalue weighted by molar-refractivity contribution is 5.13. The zero-order chi connectivity index (χ0) is 8.47. The molecule has 2 heteroatoms. The van der Waals surface area contributed by atoms with Crippen molar-refractivity contribution in [3.63, 3.8) is 0 Å². The van der Waals surface area contributed by atoms with E-state index >= 15 is 0 Å². The van der Waals surface area contributed by atoms with E-state index in [1.54, 1.807) is 0 Å². The van der Waals surface area contributed by atoms with Gasteiger partial charge < -0.3 is 9.47 Å². The van der Waals surface area contributed by atoms with E-state index in [1.165, 1.54) is 25.7 Å². The minimum Gasteiger partial charge on any atom is -0.347 e. The van der Waals surface area contributed by atoms with Crippen LogP contribution in [-0.2, 0) is 9.47 Å². The third-order valence-electron chi connectivity index (χ3n) is 4.88. The lowest BCUT2D eigenvalue weighted by molar-refractivity contribution is -0.312. The van der Waals surface area contributed by atoms with Crippen LogP contribution in [0.4, 0.5) is 0 Å². The minimum absolute atomic E-state index is 0.0735. The predicted octanol–water partition coefficient (Wildman–Crippen LogP) is 1.80. The standard InChI is InChI=1S/C11H16O2/c1-2-9-8-5-7(1)6-10(8)11(9)12-3-4-13-11/h7-10H,1-6H2/t7-,8?,9-,10+/m0/s1. The van der Waals surface area contributed by atoms with E-state index in [0.29, 0.717) is 0 Å². The monoisotopic (exact) mass is 180 g/mol. The van der Waals surface area contributed by atoms with Crippen molar-refractivity contribution < 1.29 is 9.47 Å². The summed E-state index contributed by atoms with van der Waals surface area (Å²) in [7, 11) is 0. The second-order valence-corrected chi connectivity index (χ2v) is 5.21. The number of fused-ring (bicyclic) bond motifs is 3. The number of rotatable bonds is 0. The Labute approximate surface area is 78.6 Å². The second-order valence-electron chi connectivity index (χ2n) is 5.21. The number of ether oxygens (including phenoxy) is 2. The maximum absolute atomic E-state index is 5.90. The van der Waals surface area contributed by atoms with E-state index in [9.17, 15) is 0 Å². The van der Waals surface area contributed by atoms with Gasteiger partial charge in [0, 0.05) is 11.8 Å². The van der Waals surface area contributed by atoms with Crippen molar-refractivity contribution >= 4 is 0 Å². The average Bonchev–Trinajstić information content (AvgIpc) is 2.68. The molecule has 72 valence electrons. The van der Waals surface area contributed by atoms with Crippen molar-refractivity contribution in [3.05, 3.63) is 0 Å². The fraction of sp³-hybridized carbons (Fsp3) is 1.00. The third-order valence-corrected chi connectivity index (χ3v) is 4.88. The van der Waals surface area contributed by atoms with Gasteiger partial charge in [-0.15, -0.1) is 0 Å². The zero-order valence-electron chi connectivity index (χ0n) is 7.87. The SMILES string of the molecule is C1COC2(O1)[C@@H]1C[C@H]3CC[C@H]2C1C3. The molecular weight excluding hydrogens is 164 g/mol. The summed E-state index contributed by atoms with van der Waals surface area (Å²) in [5, 5.41) is 0. The Morgan fingerprint density at radius 2 is 1.77 bits per heavy atom. The average molecular weight is 180 g/mol. The number of hydrogen-bond donors (Lipinski definition) is 0. The fourth-order valence-corrected chi connectivity index (χ4v) is 4.48. The van der Waals surface area contributed by atoms with E-state index in [1.807, 2.05) is 0 Å². The van der Waals surface area contributed by atoms with Gasteiger partial charge in [0.25, 0.3) is 0 Å². The molecule has 3 aliphatic carbocycles. The van der Waals surface area contributed by atoms with E-state index in [-0.39, 0.29) is 5.79 Å². The van der Waals surface area contributed by atoms with Gasteiger partial charge >= 0.3 is 0 Å². The van der Waals surface area contributed by atoms with Crippen LogP contribution < -0.4 is 0 Å². The normalized spacial score (nSPS) is 55.4. The molecule has 0 N–H and O–H groups in total. The molecule has 1 spiro atoms. The van der Waals surface area contributed by atoms with E-state index < -0.39 is 0 Å². The first-order chi connectivity index (χ1) is 6.40. The van der Waals surface area contributed by atoms with Crippen LogP contribution in [-0.4, -0.2) is 19.0 Å². The second kappa shape index (κ2) is 2.12. The lowest BCUT2D eigenvalue weighted by Gasteiger charge is -2.55. The summed E-state index contributed by atoms with van der Waals surface area (Å²) < 4.78 is 11.8. The molecule has 0 aromatic rings. The molecule has 4 fully saturated rings. The molecule has 3 saturated carbocycles. The van der Waals surface area contributed by atoms with Crippen LogP contribution in [0, 0.1) is 23.7 Å². The van der Waals surface area contributed by atoms with Crippen LogP contribution >= 0.6 is 0 Å². The summed E-state index contributed by atoms with van der Waals surface area (Å²) in [6.07, 6.45) is 5.67. The molecule has 13 heavy (non-hydrogen) atoms. The lowest BCUT2D eigenvalue weighted by atomic mass is 9.59. The van der Waals surface area contributed by atoms with E-state index in [0.717, 1.165) is 36.9 Å². The summed E-state index contributed by atoms with van der Waals surface area (Å²) in [6, 6.07) is 0. The van der Waals surface area contributed by atoms with Gasteiger partial charge in [-0.25, -0.2) is 0 Å². The molecular formula is C11H16O2. The maximum Gasteiger partial charge on any atom is 0.174 e. The molecule has 4 aliphatic rings. The first-order valence-corrected chi connectivity index (χ1v) is 5.68. The molecule has 2 nitrogen and oxygen atoms in total. The van der Waals surface area contributed by atoms with Crippen molar-refractivity contribution in [3.8, 4) is 0 Å². The Kier molecular flexibility index (Phi) is 1.18. The zero-order valence-corrected chi connectivity index (χ0v) is 7.87. The molecule has 1 heterocycles. The lowest BCUT2D eigenvalue weighted by Crippen LogP contribution is -2.61. The Hall–Kier alpha value is -0.0800. The molecule has 4 rings (SSSR count). The first-order valence-electron chi connectivity index (χ1n) is 5.68. The molecule has 1 aliphatic heterocycles. The first kappa shape index (κ1) is 7.24. The van der Waals surface area contributed by atoms with Crippen molar-refractivity contribution in [2.45, 2.75) is 31.5 Å². The van der Waals surface area contributed by atoms with Gasteiger partial charge in [-0.3, -0.25) is 0 Å². The molecule has 0 amide bonds. The topological polar surface area (TPSA) is 18.5 Å². The maximum atomic E-state index is 5.90. The Bertz CT molecular complexity index is 236. The summed E-state index contributed by atoms with van der Waals surface area (Å²) in [5.41, 5.74) is 0. The fourth-order valence-electron chi connectivity index (χ4n) is 4.48. The largest absolute Gasteiger partial charge is 0.347 e. The van der Waals surface area contributed by atoms with Crippen molar-refractivity contribution in [2.75, 3.05) is 13.2 Å². The Balaban J connectivity index is 1.74. The van der Waals surface area contributed by atoms with Gasteiger partial charge in [0.05, 0.1) is 13.2 Å². The molecule has 0 aromatic carbocycles. The van der Waals surface area contributed by atoms with Crippen LogP contribution in [0.25, 0.3) is 0 Å². The summed E-state index contributed by atoms with van der Waals surface area (Å²) in [4.78, 5) is 0. The molecule has 0 aromatic heterocycles. The van der Waals surface area contributed by atoms with Gasteiger partial charge in [-0.1, -0.05) is 0 Å². The van der Waals surface area contributed by atoms with Crippen LogP contribution in [0.15, 0.2) is 0 Å². The predicted molar refractivity (Wildman–Crippen MR) is 47.1 cm³/mol. The van der Waals surface area contributed by atoms with Crippen molar-refractivity contribution in [1.29, 1.82) is 0 Å². The van der Waals surface area contributed by atoms with Gasteiger partial charge in [-0.05, 0) is 37.5 Å². The third kappa shape index (κ3) is 0.668. The van der Waals surface area contributed by atoms with Crippen LogP contribution in [0.2, 0.25) is 0 Å². The van der Waals surface area contributed by atoms with Crippen LogP contribution in [0.3, 0.4) is 0 Å². The van der Waals surface area contributed by atoms with Crippen LogP contribution in [0.5, 0.6) is 0 Å². The summed E-state index contributed by atoms with van der Waals surface area (Å²) >= 11 is 0. The smallest absolute Gasteiger partial charge is 0.174 e. The number of hydrogen-bond acceptors (Lipinski definition) is 2. The van der Waals surface area contributed by atoms with Gasteiger partial charge in [0.1, 0.15) is 0 Å². The van der Waals surface area contributed by atoms with Crippen molar-refractivity contribution in [2.24, 2.45) is 23.7 Å². The van der Waals surface area contributed by atoms with E-state index in [4.69, 9.17) is 9.47 Å². The van der Waals surface area contributed by atoms with Crippen LogP contribution in [0.1, 0.15) is 25.7 Å². The summed E-state index contributed by atoms with van der Waals surface area (Å²) in [5.74, 6) is 3.44. The van der Waals surface area contributed by atoms with Gasteiger partial charge in [-0.2, -0.15) is 0 Å². The van der Waals surface area contributed by atoms with E-state index in [2.05, 4.69) is 0 Å². The summed E-state index contributed by atoms with van der Waals surface area (Å²) in [6.45, 7) is 1.68. The molecule has 2 bridgehead atoms. The highest BCUT2D eigenvalue weighted by Gasteiger charge is 2.69. The quantitative estimate of drug-likeness (QED) is 0.566. The Morgan fingerprint density at radius 1 is 0.923 bits per heavy atom. The minimum atomic E-state index is -0.0735. The van der Waals surface area contributed by atoms with Gasteiger partial charge in [0.15, 0.2) is 5.79 Å². The highest BCUT2D eigenvalue weighted by Crippen LogP contribution is 2.67. The highest BCUT2D eigenvalue weighted by atomic mass is 16.7. The molecule has 1 unspecified atom stereocenters. The molecule has 0 radical (unpaired) electrons.